The Bertz CT molecular complexity index is 737. The van der Waals surface area contributed by atoms with Crippen LogP contribution in [0, 0.1) is 6.92 Å². The number of thiazole rings is 1. The van der Waals surface area contributed by atoms with E-state index in [1.807, 2.05) is 30.3 Å². The number of nitrogens with one attached hydrogen (secondary N) is 1. The highest BCUT2D eigenvalue weighted by Crippen LogP contribution is 2.27. The molecular formula is C14H16N2O3S2. The number of nitrogens with zero attached hydrogens (tertiary/aromatic N) is 1. The Kier molecular flexibility index (Phi) is 4.74. The molecule has 0 aliphatic carbocycles. The van der Waals surface area contributed by atoms with E-state index in [1.54, 1.807) is 6.92 Å². The van der Waals surface area contributed by atoms with Gasteiger partial charge in [0.25, 0.3) is 5.91 Å². The van der Waals surface area contributed by atoms with Crippen molar-refractivity contribution in [2.45, 2.75) is 6.92 Å². The topological polar surface area (TPSA) is 76.1 Å². The van der Waals surface area contributed by atoms with Gasteiger partial charge < -0.3 is 5.32 Å². The normalized spacial score (nSPS) is 11.3. The average Bonchev–Trinajstić information content (AvgIpc) is 2.80. The summed E-state index contributed by atoms with van der Waals surface area (Å²) in [4.78, 5) is 17.0. The van der Waals surface area contributed by atoms with Gasteiger partial charge in [-0.15, -0.1) is 11.3 Å². The Hall–Kier alpha value is -1.73. The van der Waals surface area contributed by atoms with Crippen LogP contribution in [-0.4, -0.2) is 37.9 Å². The number of hydrogen-bond donors (Lipinski definition) is 1. The van der Waals surface area contributed by atoms with Crippen molar-refractivity contribution in [1.82, 2.24) is 10.3 Å². The summed E-state index contributed by atoms with van der Waals surface area (Å²) in [5, 5.41) is 3.39. The molecule has 0 saturated carbocycles. The molecule has 2 aromatic rings. The van der Waals surface area contributed by atoms with Gasteiger partial charge in [0.1, 0.15) is 19.7 Å². The Morgan fingerprint density at radius 1 is 1.29 bits per heavy atom. The van der Waals surface area contributed by atoms with E-state index < -0.39 is 9.84 Å². The summed E-state index contributed by atoms with van der Waals surface area (Å²) < 4.78 is 22.1. The molecule has 1 N–H and O–H groups in total. The van der Waals surface area contributed by atoms with Crippen LogP contribution in [0.25, 0.3) is 10.6 Å². The van der Waals surface area contributed by atoms with Crippen LogP contribution in [0.3, 0.4) is 0 Å². The number of hydrogen-bond acceptors (Lipinski definition) is 5. The first-order valence-electron chi connectivity index (χ1n) is 6.35. The highest BCUT2D eigenvalue weighted by atomic mass is 32.2. The van der Waals surface area contributed by atoms with Crippen molar-refractivity contribution in [2.75, 3.05) is 18.6 Å². The lowest BCUT2D eigenvalue weighted by Gasteiger charge is -2.02. The summed E-state index contributed by atoms with van der Waals surface area (Å²) in [5.74, 6) is -0.349. The van der Waals surface area contributed by atoms with Crippen molar-refractivity contribution in [3.63, 3.8) is 0 Å². The van der Waals surface area contributed by atoms with Gasteiger partial charge in [-0.2, -0.15) is 0 Å². The molecule has 1 aromatic carbocycles. The molecule has 0 bridgehead atoms. The zero-order valence-electron chi connectivity index (χ0n) is 11.8. The molecule has 0 radical (unpaired) electrons. The quantitative estimate of drug-likeness (QED) is 0.911. The molecule has 112 valence electrons. The maximum atomic E-state index is 12.1. The van der Waals surface area contributed by atoms with Crippen LogP contribution in [0.15, 0.2) is 30.3 Å². The number of benzene rings is 1. The molecule has 0 saturated heterocycles. The predicted molar refractivity (Wildman–Crippen MR) is 84.3 cm³/mol. The van der Waals surface area contributed by atoms with Crippen LogP contribution in [0.4, 0.5) is 0 Å². The van der Waals surface area contributed by atoms with Crippen LogP contribution < -0.4 is 5.32 Å². The Labute approximate surface area is 128 Å². The minimum absolute atomic E-state index is 0.0673. The van der Waals surface area contributed by atoms with E-state index >= 15 is 0 Å². The average molecular weight is 324 g/mol. The zero-order chi connectivity index (χ0) is 15.5. The number of carbonyl (C=O) groups is 1. The van der Waals surface area contributed by atoms with Gasteiger partial charge in [0, 0.05) is 18.4 Å². The van der Waals surface area contributed by atoms with Crippen molar-refractivity contribution in [1.29, 1.82) is 0 Å². The SMILES string of the molecule is Cc1nc(-c2ccccc2)sc1C(=O)NCCS(C)(=O)=O. The van der Waals surface area contributed by atoms with Gasteiger partial charge in [-0.05, 0) is 6.92 Å². The maximum absolute atomic E-state index is 12.1. The van der Waals surface area contributed by atoms with E-state index in [1.165, 1.54) is 11.3 Å². The monoisotopic (exact) mass is 324 g/mol. The van der Waals surface area contributed by atoms with Gasteiger partial charge >= 0.3 is 0 Å². The molecule has 5 nitrogen and oxygen atoms in total. The number of rotatable bonds is 5. The van der Waals surface area contributed by atoms with E-state index in [-0.39, 0.29) is 18.2 Å². The first-order chi connectivity index (χ1) is 9.87. The van der Waals surface area contributed by atoms with Gasteiger partial charge in [-0.3, -0.25) is 4.79 Å². The molecule has 0 aliphatic rings. The summed E-state index contributed by atoms with van der Waals surface area (Å²) in [7, 11) is -3.08. The Balaban J connectivity index is 2.10. The Morgan fingerprint density at radius 2 is 1.95 bits per heavy atom. The lowest BCUT2D eigenvalue weighted by Crippen LogP contribution is -2.28. The van der Waals surface area contributed by atoms with Gasteiger partial charge in [-0.1, -0.05) is 30.3 Å². The molecule has 1 heterocycles. The largest absolute Gasteiger partial charge is 0.350 e. The standard InChI is InChI=1S/C14H16N2O3S2/c1-10-12(13(17)15-8-9-21(2,18)19)20-14(16-10)11-6-4-3-5-7-11/h3-7H,8-9H2,1-2H3,(H,15,17). The van der Waals surface area contributed by atoms with Gasteiger partial charge in [0.15, 0.2) is 0 Å². The highest BCUT2D eigenvalue weighted by Gasteiger charge is 2.16. The van der Waals surface area contributed by atoms with E-state index in [9.17, 15) is 13.2 Å². The molecule has 0 unspecified atom stereocenters. The molecule has 0 aliphatic heterocycles. The summed E-state index contributed by atoms with van der Waals surface area (Å²) >= 11 is 1.31. The van der Waals surface area contributed by atoms with Crippen LogP contribution >= 0.6 is 11.3 Å². The third-order valence-corrected chi connectivity index (χ3v) is 4.93. The first-order valence-corrected chi connectivity index (χ1v) is 9.23. The van der Waals surface area contributed by atoms with Gasteiger partial charge in [-0.25, -0.2) is 13.4 Å². The van der Waals surface area contributed by atoms with Crippen LogP contribution in [0.5, 0.6) is 0 Å². The van der Waals surface area contributed by atoms with E-state index in [0.717, 1.165) is 16.8 Å². The summed E-state index contributed by atoms with van der Waals surface area (Å²) in [6.45, 7) is 1.88. The smallest absolute Gasteiger partial charge is 0.263 e. The molecule has 21 heavy (non-hydrogen) atoms. The fourth-order valence-corrected chi connectivity index (χ4v) is 3.20. The molecule has 2 rings (SSSR count). The van der Waals surface area contributed by atoms with Crippen LogP contribution in [0.1, 0.15) is 15.4 Å². The number of carbonyl (C=O) groups excluding carboxylic acids is 1. The number of amides is 1. The molecule has 1 aromatic heterocycles. The van der Waals surface area contributed by atoms with E-state index in [0.29, 0.717) is 10.6 Å². The van der Waals surface area contributed by atoms with Crippen LogP contribution in [-0.2, 0) is 9.84 Å². The van der Waals surface area contributed by atoms with Gasteiger partial charge in [0.05, 0.1) is 11.4 Å². The second-order valence-corrected chi connectivity index (χ2v) is 7.94. The molecule has 7 heteroatoms. The molecular weight excluding hydrogens is 308 g/mol. The van der Waals surface area contributed by atoms with E-state index in [4.69, 9.17) is 0 Å². The lowest BCUT2D eigenvalue weighted by atomic mass is 10.2. The number of aryl methyl sites for hydroxylation is 1. The molecule has 1 amide bonds. The van der Waals surface area contributed by atoms with Crippen molar-refractivity contribution in [3.05, 3.63) is 40.9 Å². The summed E-state index contributed by atoms with van der Waals surface area (Å²) in [6.07, 6.45) is 1.14. The highest BCUT2D eigenvalue weighted by molar-refractivity contribution is 7.90. The maximum Gasteiger partial charge on any atom is 0.263 e. The molecule has 0 atom stereocenters. The van der Waals surface area contributed by atoms with Crippen LogP contribution in [0.2, 0.25) is 0 Å². The third kappa shape index (κ3) is 4.37. The second kappa shape index (κ2) is 6.36. The fraction of sp³-hybridized carbons (Fsp3) is 0.286. The summed E-state index contributed by atoms with van der Waals surface area (Å²) in [5.41, 5.74) is 1.61. The third-order valence-electron chi connectivity index (χ3n) is 2.78. The van der Waals surface area contributed by atoms with Crippen molar-refractivity contribution in [3.8, 4) is 10.6 Å². The zero-order valence-corrected chi connectivity index (χ0v) is 13.4. The first kappa shape index (κ1) is 15.7. The molecule has 0 fully saturated rings. The number of sulfone groups is 1. The summed E-state index contributed by atoms with van der Waals surface area (Å²) in [6, 6.07) is 9.62. The minimum Gasteiger partial charge on any atom is -0.350 e. The van der Waals surface area contributed by atoms with E-state index in [2.05, 4.69) is 10.3 Å². The predicted octanol–water partition coefficient (Wildman–Crippen LogP) is 1.89. The minimum atomic E-state index is -3.08. The van der Waals surface area contributed by atoms with Gasteiger partial charge in [0.2, 0.25) is 0 Å². The second-order valence-electron chi connectivity index (χ2n) is 4.69. The molecule has 0 spiro atoms. The number of aromatic nitrogens is 1. The lowest BCUT2D eigenvalue weighted by molar-refractivity contribution is 0.0959. The van der Waals surface area contributed by atoms with Crippen molar-refractivity contribution >= 4 is 27.1 Å². The van der Waals surface area contributed by atoms with Crippen molar-refractivity contribution < 1.29 is 13.2 Å². The fourth-order valence-electron chi connectivity index (χ4n) is 1.74. The Morgan fingerprint density at radius 3 is 2.57 bits per heavy atom. The van der Waals surface area contributed by atoms with Crippen molar-refractivity contribution in [2.24, 2.45) is 0 Å².